The molecule has 2 fully saturated rings. The van der Waals surface area contributed by atoms with Gasteiger partial charge in [0.05, 0.1) is 30.2 Å². The molecule has 0 spiro atoms. The molecule has 3 aromatic rings. The quantitative estimate of drug-likeness (QED) is 0.519. The van der Waals surface area contributed by atoms with Crippen molar-refractivity contribution >= 4 is 22.6 Å². The van der Waals surface area contributed by atoms with Gasteiger partial charge in [-0.15, -0.1) is 0 Å². The molecule has 2 aromatic carbocycles. The maximum atomic E-state index is 11.9. The van der Waals surface area contributed by atoms with Crippen molar-refractivity contribution in [2.45, 2.75) is 57.0 Å². The first-order valence-corrected chi connectivity index (χ1v) is 13.8. The smallest absolute Gasteiger partial charge is 0.335 e. The number of ether oxygens (including phenoxy) is 1. The molecule has 1 aromatic heterocycles. The van der Waals surface area contributed by atoms with Gasteiger partial charge in [0, 0.05) is 55.2 Å². The molecule has 0 bridgehead atoms. The summed E-state index contributed by atoms with van der Waals surface area (Å²) < 4.78 is 8.13. The number of carboxylic acid groups (broad SMARTS) is 1. The number of benzene rings is 2. The molecule has 1 aliphatic carbocycles. The fourth-order valence-corrected chi connectivity index (χ4v) is 7.47. The predicted octanol–water partition coefficient (Wildman–Crippen LogP) is 5.65. The highest BCUT2D eigenvalue weighted by Gasteiger charge is 2.36. The second kappa shape index (κ2) is 8.93. The van der Waals surface area contributed by atoms with Crippen LogP contribution in [0.15, 0.2) is 36.4 Å². The summed E-state index contributed by atoms with van der Waals surface area (Å²) in [7, 11) is 0. The number of para-hydroxylation sites is 1. The van der Waals surface area contributed by atoms with Gasteiger partial charge >= 0.3 is 5.97 Å². The van der Waals surface area contributed by atoms with Gasteiger partial charge in [-0.25, -0.2) is 4.79 Å². The minimum atomic E-state index is -0.851. The van der Waals surface area contributed by atoms with Crippen LogP contribution in [-0.2, 0) is 11.3 Å². The SMILES string of the molecule is O=C(O)c1ccc2c(C3CCCCC3)c3n(c2c1)CCN1CCC(N2CCOCC2)c2cccc-3c21. The van der Waals surface area contributed by atoms with Gasteiger partial charge in [0.15, 0.2) is 0 Å². The molecular weight excluding hydrogens is 450 g/mol. The first-order valence-electron chi connectivity index (χ1n) is 13.8. The Labute approximate surface area is 212 Å². The van der Waals surface area contributed by atoms with Crippen LogP contribution >= 0.6 is 0 Å². The van der Waals surface area contributed by atoms with Crippen LogP contribution in [0.3, 0.4) is 0 Å². The maximum Gasteiger partial charge on any atom is 0.335 e. The van der Waals surface area contributed by atoms with Gasteiger partial charge in [0.25, 0.3) is 0 Å². The van der Waals surface area contributed by atoms with Crippen LogP contribution in [0.5, 0.6) is 0 Å². The van der Waals surface area contributed by atoms with Gasteiger partial charge in [-0.05, 0) is 48.4 Å². The number of aromatic nitrogens is 1. The molecular formula is C30H35N3O3. The van der Waals surface area contributed by atoms with Crippen LogP contribution in [0, 0.1) is 0 Å². The van der Waals surface area contributed by atoms with Crippen molar-refractivity contribution in [3.8, 4) is 11.3 Å². The number of hydrogen-bond donors (Lipinski definition) is 1. The molecule has 1 unspecified atom stereocenters. The first-order chi connectivity index (χ1) is 17.7. The van der Waals surface area contributed by atoms with Crippen LogP contribution in [0.25, 0.3) is 22.2 Å². The molecule has 6 heteroatoms. The fraction of sp³-hybridized carbons (Fsp3) is 0.500. The van der Waals surface area contributed by atoms with E-state index < -0.39 is 5.97 Å². The van der Waals surface area contributed by atoms with Crippen molar-refractivity contribution in [3.05, 3.63) is 53.1 Å². The van der Waals surface area contributed by atoms with Gasteiger partial charge in [-0.1, -0.05) is 43.5 Å². The Balaban J connectivity index is 1.46. The van der Waals surface area contributed by atoms with Crippen molar-refractivity contribution < 1.29 is 14.6 Å². The lowest BCUT2D eigenvalue weighted by molar-refractivity contribution is 0.0138. The zero-order valence-electron chi connectivity index (χ0n) is 20.9. The molecule has 3 aliphatic heterocycles. The highest BCUT2D eigenvalue weighted by molar-refractivity contribution is 6.00. The van der Waals surface area contributed by atoms with E-state index in [2.05, 4.69) is 38.6 Å². The third-order valence-corrected chi connectivity index (χ3v) is 9.11. The van der Waals surface area contributed by atoms with Crippen LogP contribution in [0.2, 0.25) is 0 Å². The zero-order chi connectivity index (χ0) is 24.2. The molecule has 1 saturated carbocycles. The Morgan fingerprint density at radius 2 is 1.75 bits per heavy atom. The van der Waals surface area contributed by atoms with E-state index in [1.165, 1.54) is 65.6 Å². The number of carboxylic acids is 1. The molecule has 1 N–H and O–H groups in total. The van der Waals surface area contributed by atoms with Crippen LogP contribution in [-0.4, -0.2) is 59.9 Å². The zero-order valence-corrected chi connectivity index (χ0v) is 20.9. The van der Waals surface area contributed by atoms with Crippen molar-refractivity contribution in [3.63, 3.8) is 0 Å². The molecule has 188 valence electrons. The second-order valence-electron chi connectivity index (χ2n) is 11.0. The molecule has 4 aliphatic rings. The van der Waals surface area contributed by atoms with E-state index in [1.54, 1.807) is 6.07 Å². The van der Waals surface area contributed by atoms with E-state index in [1.807, 2.05) is 6.07 Å². The summed E-state index contributed by atoms with van der Waals surface area (Å²) in [4.78, 5) is 17.1. The van der Waals surface area contributed by atoms with E-state index >= 15 is 0 Å². The summed E-state index contributed by atoms with van der Waals surface area (Å²) in [5.41, 5.74) is 8.50. The van der Waals surface area contributed by atoms with Crippen LogP contribution in [0.1, 0.15) is 72.0 Å². The van der Waals surface area contributed by atoms with Crippen molar-refractivity contribution in [1.82, 2.24) is 9.47 Å². The average Bonchev–Trinajstić information content (AvgIpc) is 3.16. The van der Waals surface area contributed by atoms with E-state index in [9.17, 15) is 9.90 Å². The number of aromatic carboxylic acids is 1. The number of hydrogen-bond acceptors (Lipinski definition) is 4. The van der Waals surface area contributed by atoms with E-state index in [4.69, 9.17) is 4.74 Å². The number of anilines is 1. The molecule has 0 radical (unpaired) electrons. The third kappa shape index (κ3) is 3.49. The lowest BCUT2D eigenvalue weighted by atomic mass is 9.81. The van der Waals surface area contributed by atoms with Gasteiger partial charge in [0.2, 0.25) is 0 Å². The number of rotatable bonds is 3. The monoisotopic (exact) mass is 485 g/mol. The van der Waals surface area contributed by atoms with E-state index in [0.717, 1.165) is 57.9 Å². The first kappa shape index (κ1) is 22.4. The molecule has 1 saturated heterocycles. The van der Waals surface area contributed by atoms with E-state index in [-0.39, 0.29) is 0 Å². The number of carbonyl (C=O) groups is 1. The predicted molar refractivity (Wildman–Crippen MR) is 142 cm³/mol. The standard InChI is InChI=1S/C30H35N3O3/c34-30(35)21-9-10-22-26(19-21)33-14-13-32-12-11-25(31-15-17-36-18-16-31)23-7-4-8-24(28(23)32)29(33)27(22)20-5-2-1-3-6-20/h4,7-10,19-20,25H,1-3,5-6,11-18H2,(H,34,35). The Morgan fingerprint density at radius 1 is 0.917 bits per heavy atom. The number of morpholine rings is 1. The molecule has 7 rings (SSSR count). The number of nitrogens with zero attached hydrogens (tertiary/aromatic N) is 3. The summed E-state index contributed by atoms with van der Waals surface area (Å²) in [6.45, 7) is 6.55. The van der Waals surface area contributed by atoms with Crippen molar-refractivity contribution in [1.29, 1.82) is 0 Å². The summed E-state index contributed by atoms with van der Waals surface area (Å²) in [6.07, 6.45) is 7.47. The van der Waals surface area contributed by atoms with Crippen LogP contribution in [0.4, 0.5) is 5.69 Å². The molecule has 1 atom stereocenters. The van der Waals surface area contributed by atoms with Crippen molar-refractivity contribution in [2.24, 2.45) is 0 Å². The van der Waals surface area contributed by atoms with E-state index in [0.29, 0.717) is 17.5 Å². The lowest BCUT2D eigenvalue weighted by Gasteiger charge is -2.42. The third-order valence-electron chi connectivity index (χ3n) is 9.11. The minimum absolute atomic E-state index is 0.379. The fourth-order valence-electron chi connectivity index (χ4n) is 7.47. The second-order valence-corrected chi connectivity index (χ2v) is 11.0. The lowest BCUT2D eigenvalue weighted by Crippen LogP contribution is -2.43. The maximum absolute atomic E-state index is 11.9. The Kier molecular flexibility index (Phi) is 5.55. The summed E-state index contributed by atoms with van der Waals surface area (Å²) in [5.74, 6) is -0.315. The summed E-state index contributed by atoms with van der Waals surface area (Å²) >= 11 is 0. The van der Waals surface area contributed by atoms with Crippen LogP contribution < -0.4 is 4.90 Å². The summed E-state index contributed by atoms with van der Waals surface area (Å²) in [6, 6.07) is 13.2. The molecule has 6 nitrogen and oxygen atoms in total. The Morgan fingerprint density at radius 3 is 2.56 bits per heavy atom. The highest BCUT2D eigenvalue weighted by Crippen LogP contribution is 2.50. The number of fused-ring (bicyclic) bond motifs is 4. The average molecular weight is 486 g/mol. The van der Waals surface area contributed by atoms with Gasteiger partial charge in [-0.2, -0.15) is 0 Å². The molecule has 4 heterocycles. The highest BCUT2D eigenvalue weighted by atomic mass is 16.5. The van der Waals surface area contributed by atoms with Gasteiger partial charge in [0.1, 0.15) is 0 Å². The summed E-state index contributed by atoms with van der Waals surface area (Å²) in [5, 5.41) is 11.0. The van der Waals surface area contributed by atoms with Crippen molar-refractivity contribution in [2.75, 3.05) is 44.3 Å². The molecule has 0 amide bonds. The minimum Gasteiger partial charge on any atom is -0.478 e. The van der Waals surface area contributed by atoms with Gasteiger partial charge < -0.3 is 19.3 Å². The Bertz CT molecular complexity index is 1320. The topological polar surface area (TPSA) is 57.9 Å². The normalized spacial score (nSPS) is 22.8. The largest absolute Gasteiger partial charge is 0.478 e. The Hall–Kier alpha value is -2.83. The molecule has 36 heavy (non-hydrogen) atoms. The van der Waals surface area contributed by atoms with Gasteiger partial charge in [-0.3, -0.25) is 4.90 Å².